The monoisotopic (exact) mass is 455 g/mol. The summed E-state index contributed by atoms with van der Waals surface area (Å²) < 4.78 is 5.32. The van der Waals surface area contributed by atoms with Gasteiger partial charge in [-0.15, -0.1) is 0 Å². The van der Waals surface area contributed by atoms with Gasteiger partial charge in [-0.1, -0.05) is 42.5 Å². The third kappa shape index (κ3) is 8.22. The summed E-state index contributed by atoms with van der Waals surface area (Å²) in [5.41, 5.74) is 0.385. The summed E-state index contributed by atoms with van der Waals surface area (Å²) in [6.07, 6.45) is 7.34. The summed E-state index contributed by atoms with van der Waals surface area (Å²) in [7, 11) is 0. The van der Waals surface area contributed by atoms with E-state index in [1.54, 1.807) is 20.8 Å². The molecular formula is C26H37N3O4. The Bertz CT molecular complexity index is 843. The highest BCUT2D eigenvalue weighted by molar-refractivity contribution is 5.86. The smallest absolute Gasteiger partial charge is 0.408 e. The molecule has 180 valence electrons. The van der Waals surface area contributed by atoms with Crippen molar-refractivity contribution in [3.63, 3.8) is 0 Å². The van der Waals surface area contributed by atoms with Crippen molar-refractivity contribution in [2.75, 3.05) is 19.6 Å². The Morgan fingerprint density at radius 1 is 1.12 bits per heavy atom. The van der Waals surface area contributed by atoms with Crippen LogP contribution in [0.2, 0.25) is 0 Å². The molecule has 2 aliphatic rings. The highest BCUT2D eigenvalue weighted by Gasteiger charge is 2.31. The Morgan fingerprint density at radius 3 is 2.52 bits per heavy atom. The van der Waals surface area contributed by atoms with Crippen LogP contribution in [0.4, 0.5) is 4.79 Å². The molecular weight excluding hydrogens is 418 g/mol. The van der Waals surface area contributed by atoms with Crippen molar-refractivity contribution in [1.29, 1.82) is 0 Å². The number of rotatable bonds is 4. The molecule has 3 rings (SSSR count). The Labute approximate surface area is 196 Å². The number of amides is 3. The average Bonchev–Trinajstić information content (AvgIpc) is 3.57. The van der Waals surface area contributed by atoms with Crippen molar-refractivity contribution in [2.45, 2.75) is 70.4 Å². The first-order chi connectivity index (χ1) is 15.7. The zero-order valence-corrected chi connectivity index (χ0v) is 20.0. The predicted octanol–water partition coefficient (Wildman–Crippen LogP) is 3.76. The molecule has 1 fully saturated rings. The molecule has 1 saturated carbocycles. The first kappa shape index (κ1) is 24.8. The first-order valence-electron chi connectivity index (χ1n) is 12.0. The molecule has 0 radical (unpaired) electrons. The van der Waals surface area contributed by atoms with E-state index in [0.29, 0.717) is 38.3 Å². The molecule has 0 spiro atoms. The van der Waals surface area contributed by atoms with Gasteiger partial charge in [0.2, 0.25) is 11.8 Å². The van der Waals surface area contributed by atoms with E-state index in [-0.39, 0.29) is 17.7 Å². The standard InChI is InChI=1S/C26H37N3O4/c1-26(2,3)33-25(32)28-22-13-9-5-8-12-21(20-10-6-4-7-11-20)24(31)29(18-19-14-15-19)17-16-27-23(22)30/h4-7,9-11,19,21-22H,8,12-18H2,1-3H3,(H,27,30)(H,28,32)/b9-5+. The quantitative estimate of drug-likeness (QED) is 0.677. The first-order valence-corrected chi connectivity index (χ1v) is 12.0. The minimum absolute atomic E-state index is 0.124. The SMILES string of the molecule is CC(C)(C)OC(=O)NC1C/C=C/CCC(c2ccccc2)C(=O)N(CC2CC2)CCNC1=O. The molecule has 7 nitrogen and oxygen atoms in total. The highest BCUT2D eigenvalue weighted by atomic mass is 16.6. The van der Waals surface area contributed by atoms with Crippen molar-refractivity contribution in [2.24, 2.45) is 5.92 Å². The van der Waals surface area contributed by atoms with Gasteiger partial charge < -0.3 is 20.3 Å². The van der Waals surface area contributed by atoms with Gasteiger partial charge in [0.15, 0.2) is 0 Å². The molecule has 1 aromatic rings. The van der Waals surface area contributed by atoms with E-state index in [0.717, 1.165) is 24.9 Å². The van der Waals surface area contributed by atoms with Crippen LogP contribution in [0.25, 0.3) is 0 Å². The van der Waals surface area contributed by atoms with E-state index >= 15 is 0 Å². The van der Waals surface area contributed by atoms with E-state index in [1.807, 2.05) is 47.4 Å². The lowest BCUT2D eigenvalue weighted by molar-refractivity contribution is -0.133. The number of carbonyl (C=O) groups is 3. The minimum Gasteiger partial charge on any atom is -0.444 e. The average molecular weight is 456 g/mol. The van der Waals surface area contributed by atoms with Crippen molar-refractivity contribution in [3.05, 3.63) is 48.0 Å². The molecule has 0 aromatic heterocycles. The Morgan fingerprint density at radius 2 is 1.85 bits per heavy atom. The Hall–Kier alpha value is -2.83. The van der Waals surface area contributed by atoms with Crippen LogP contribution >= 0.6 is 0 Å². The van der Waals surface area contributed by atoms with E-state index in [1.165, 1.54) is 0 Å². The lowest BCUT2D eigenvalue weighted by Crippen LogP contribution is -2.49. The zero-order chi connectivity index (χ0) is 23.8. The van der Waals surface area contributed by atoms with Gasteiger partial charge in [-0.05, 0) is 64.4 Å². The summed E-state index contributed by atoms with van der Waals surface area (Å²) in [5, 5.41) is 5.59. The summed E-state index contributed by atoms with van der Waals surface area (Å²) in [6, 6.07) is 9.21. The van der Waals surface area contributed by atoms with Gasteiger partial charge in [-0.2, -0.15) is 0 Å². The van der Waals surface area contributed by atoms with Crippen molar-refractivity contribution in [3.8, 4) is 0 Å². The normalized spacial score (nSPS) is 24.0. The van der Waals surface area contributed by atoms with E-state index < -0.39 is 17.7 Å². The molecule has 1 aliphatic heterocycles. The number of hydrogen-bond acceptors (Lipinski definition) is 4. The number of alkyl carbamates (subject to hydrolysis) is 1. The van der Waals surface area contributed by atoms with Gasteiger partial charge in [-0.3, -0.25) is 9.59 Å². The molecule has 1 aromatic carbocycles. The van der Waals surface area contributed by atoms with Gasteiger partial charge in [0, 0.05) is 19.6 Å². The van der Waals surface area contributed by atoms with Crippen LogP contribution in [0.1, 0.15) is 64.4 Å². The van der Waals surface area contributed by atoms with Gasteiger partial charge in [0.05, 0.1) is 5.92 Å². The summed E-state index contributed by atoms with van der Waals surface area (Å²) in [5.74, 6) is 0.196. The van der Waals surface area contributed by atoms with Crippen LogP contribution in [0.5, 0.6) is 0 Å². The number of hydrogen-bond donors (Lipinski definition) is 2. The number of nitrogens with one attached hydrogen (secondary N) is 2. The number of benzene rings is 1. The van der Waals surface area contributed by atoms with Gasteiger partial charge in [-0.25, -0.2) is 4.79 Å². The number of allylic oxidation sites excluding steroid dienone is 1. The maximum atomic E-state index is 13.6. The van der Waals surface area contributed by atoms with E-state index in [9.17, 15) is 14.4 Å². The lowest BCUT2D eigenvalue weighted by atomic mass is 9.92. The molecule has 1 heterocycles. The maximum absolute atomic E-state index is 13.6. The molecule has 1 aliphatic carbocycles. The number of ether oxygens (including phenoxy) is 1. The Balaban J connectivity index is 1.74. The van der Waals surface area contributed by atoms with Crippen LogP contribution in [-0.4, -0.2) is 54.1 Å². The van der Waals surface area contributed by atoms with Crippen LogP contribution in [-0.2, 0) is 14.3 Å². The molecule has 3 amide bonds. The molecule has 33 heavy (non-hydrogen) atoms. The lowest BCUT2D eigenvalue weighted by Gasteiger charge is -2.28. The second kappa shape index (κ2) is 11.3. The highest BCUT2D eigenvalue weighted by Crippen LogP contribution is 2.32. The maximum Gasteiger partial charge on any atom is 0.408 e. The molecule has 2 unspecified atom stereocenters. The van der Waals surface area contributed by atoms with E-state index in [4.69, 9.17) is 4.74 Å². The van der Waals surface area contributed by atoms with Crippen LogP contribution in [0.3, 0.4) is 0 Å². The van der Waals surface area contributed by atoms with Gasteiger partial charge in [0.1, 0.15) is 11.6 Å². The van der Waals surface area contributed by atoms with Crippen LogP contribution in [0.15, 0.2) is 42.5 Å². The summed E-state index contributed by atoms with van der Waals surface area (Å²) in [6.45, 7) is 6.88. The summed E-state index contributed by atoms with van der Waals surface area (Å²) >= 11 is 0. The van der Waals surface area contributed by atoms with Crippen molar-refractivity contribution < 1.29 is 19.1 Å². The third-order valence-corrected chi connectivity index (χ3v) is 5.84. The van der Waals surface area contributed by atoms with Crippen LogP contribution < -0.4 is 10.6 Å². The largest absolute Gasteiger partial charge is 0.444 e. The third-order valence-electron chi connectivity index (χ3n) is 5.84. The van der Waals surface area contributed by atoms with Gasteiger partial charge in [0.25, 0.3) is 0 Å². The van der Waals surface area contributed by atoms with Crippen LogP contribution in [0, 0.1) is 5.92 Å². The van der Waals surface area contributed by atoms with Crippen molar-refractivity contribution in [1.82, 2.24) is 15.5 Å². The summed E-state index contributed by atoms with van der Waals surface area (Å²) in [4.78, 5) is 40.5. The number of carbonyl (C=O) groups excluding carboxylic acids is 3. The molecule has 2 N–H and O–H groups in total. The molecule has 7 heteroatoms. The minimum atomic E-state index is -0.727. The van der Waals surface area contributed by atoms with Crippen molar-refractivity contribution >= 4 is 17.9 Å². The van der Waals surface area contributed by atoms with E-state index in [2.05, 4.69) is 10.6 Å². The zero-order valence-electron chi connectivity index (χ0n) is 20.0. The number of nitrogens with zero attached hydrogens (tertiary/aromatic N) is 1. The second-order valence-corrected chi connectivity index (χ2v) is 9.97. The topological polar surface area (TPSA) is 87.7 Å². The second-order valence-electron chi connectivity index (χ2n) is 9.97. The fraction of sp³-hybridized carbons (Fsp3) is 0.577. The fourth-order valence-corrected chi connectivity index (χ4v) is 3.97. The Kier molecular flexibility index (Phi) is 8.53. The molecule has 0 bridgehead atoms. The molecule has 2 atom stereocenters. The fourth-order valence-electron chi connectivity index (χ4n) is 3.97. The molecule has 0 saturated heterocycles. The predicted molar refractivity (Wildman–Crippen MR) is 128 cm³/mol. The van der Waals surface area contributed by atoms with Gasteiger partial charge >= 0.3 is 6.09 Å².